The van der Waals surface area contributed by atoms with Gasteiger partial charge in [-0.2, -0.15) is 5.26 Å². The second kappa shape index (κ2) is 5.91. The number of rotatable bonds is 3. The van der Waals surface area contributed by atoms with E-state index in [4.69, 9.17) is 5.73 Å². The molecule has 4 heterocycles. The van der Waals surface area contributed by atoms with Crippen molar-refractivity contribution in [3.8, 4) is 28.2 Å². The lowest BCUT2D eigenvalue weighted by Gasteiger charge is -2.32. The van der Waals surface area contributed by atoms with Crippen LogP contribution in [0.25, 0.3) is 22.1 Å². The molecule has 24 heavy (non-hydrogen) atoms. The smallest absolute Gasteiger partial charge is 0.141 e. The fraction of sp³-hybridized carbons (Fsp3) is 0.176. The molecule has 0 atom stereocenters. The Labute approximate surface area is 143 Å². The largest absolute Gasteiger partial charge is 0.398 e. The molecule has 1 saturated heterocycles. The fourth-order valence-electron chi connectivity index (χ4n) is 2.60. The second-order valence-corrected chi connectivity index (χ2v) is 6.39. The summed E-state index contributed by atoms with van der Waals surface area (Å²) in [6.07, 6.45) is 2.90. The molecule has 0 amide bonds. The number of hydrogen-bond donors (Lipinski definition) is 1. The van der Waals surface area contributed by atoms with Gasteiger partial charge >= 0.3 is 0 Å². The molecule has 0 aromatic carbocycles. The van der Waals surface area contributed by atoms with Gasteiger partial charge in [0, 0.05) is 24.7 Å². The Kier molecular flexibility index (Phi) is 3.59. The summed E-state index contributed by atoms with van der Waals surface area (Å²) in [7, 11) is 0. The number of anilines is 2. The van der Waals surface area contributed by atoms with Crippen molar-refractivity contribution in [2.45, 2.75) is 6.42 Å². The van der Waals surface area contributed by atoms with Crippen LogP contribution in [0.15, 0.2) is 35.8 Å². The highest BCUT2D eigenvalue weighted by Gasteiger charge is 2.19. The minimum absolute atomic E-state index is 0.351. The highest BCUT2D eigenvalue weighted by Crippen LogP contribution is 2.31. The fourth-order valence-corrected chi connectivity index (χ4v) is 3.20. The van der Waals surface area contributed by atoms with E-state index in [1.165, 1.54) is 17.8 Å². The maximum absolute atomic E-state index is 9.50. The molecule has 1 aliphatic rings. The lowest BCUT2D eigenvalue weighted by Crippen LogP contribution is -2.37. The third-order valence-corrected chi connectivity index (χ3v) is 4.77. The number of nitrogens with zero attached hydrogens (tertiary/aromatic N) is 5. The van der Waals surface area contributed by atoms with Crippen LogP contribution in [-0.2, 0) is 0 Å². The van der Waals surface area contributed by atoms with Gasteiger partial charge in [0.05, 0.1) is 11.4 Å². The van der Waals surface area contributed by atoms with Crippen molar-refractivity contribution >= 4 is 22.8 Å². The molecule has 7 heteroatoms. The Balaban J connectivity index is 1.86. The van der Waals surface area contributed by atoms with Crippen LogP contribution >= 0.6 is 11.3 Å². The molecule has 6 nitrogen and oxygen atoms in total. The van der Waals surface area contributed by atoms with Gasteiger partial charge in [0.1, 0.15) is 33.8 Å². The maximum atomic E-state index is 9.50. The van der Waals surface area contributed by atoms with E-state index >= 15 is 0 Å². The molecule has 1 aliphatic heterocycles. The van der Waals surface area contributed by atoms with Crippen LogP contribution in [-0.4, -0.2) is 28.0 Å². The first-order chi connectivity index (χ1) is 11.8. The highest BCUT2D eigenvalue weighted by atomic mass is 32.1. The molecule has 2 N–H and O–H groups in total. The number of nitrogens with two attached hydrogens (primary N) is 1. The van der Waals surface area contributed by atoms with Crippen LogP contribution in [0.5, 0.6) is 0 Å². The molecule has 0 radical (unpaired) electrons. The van der Waals surface area contributed by atoms with Gasteiger partial charge in [-0.1, -0.05) is 6.07 Å². The summed E-state index contributed by atoms with van der Waals surface area (Å²) in [5.74, 6) is 0.905. The van der Waals surface area contributed by atoms with Gasteiger partial charge in [-0.25, -0.2) is 15.0 Å². The summed E-state index contributed by atoms with van der Waals surface area (Å²) in [5.41, 5.74) is 8.65. The van der Waals surface area contributed by atoms with E-state index in [9.17, 15) is 5.26 Å². The van der Waals surface area contributed by atoms with Crippen LogP contribution in [0.3, 0.4) is 0 Å². The van der Waals surface area contributed by atoms with E-state index in [2.05, 4.69) is 25.9 Å². The molecule has 1 fully saturated rings. The molecule has 0 aliphatic carbocycles. The predicted molar refractivity (Wildman–Crippen MR) is 94.5 cm³/mol. The molecule has 0 unspecified atom stereocenters. The SMILES string of the molecule is N#Cc1c(N)cc(-c2nccs2)nc1-c1cccc(N2CCC2)n1. The van der Waals surface area contributed by atoms with Crippen LogP contribution in [0.1, 0.15) is 12.0 Å². The van der Waals surface area contributed by atoms with Gasteiger partial charge in [-0.05, 0) is 24.6 Å². The lowest BCUT2D eigenvalue weighted by molar-refractivity contribution is 0.610. The second-order valence-electron chi connectivity index (χ2n) is 5.49. The number of pyridine rings is 2. The van der Waals surface area contributed by atoms with Gasteiger partial charge in [0.15, 0.2) is 0 Å². The van der Waals surface area contributed by atoms with Crippen LogP contribution in [0, 0.1) is 11.3 Å². The number of nitriles is 1. The molecular weight excluding hydrogens is 320 g/mol. The number of thiazole rings is 1. The first-order valence-corrected chi connectivity index (χ1v) is 8.47. The third kappa shape index (κ3) is 2.47. The van der Waals surface area contributed by atoms with E-state index in [-0.39, 0.29) is 0 Å². The quantitative estimate of drug-likeness (QED) is 0.792. The minimum Gasteiger partial charge on any atom is -0.398 e. The molecule has 4 rings (SSSR count). The van der Waals surface area contributed by atoms with Gasteiger partial charge in [0.2, 0.25) is 0 Å². The van der Waals surface area contributed by atoms with E-state index in [0.29, 0.717) is 28.3 Å². The van der Waals surface area contributed by atoms with Crippen LogP contribution in [0.2, 0.25) is 0 Å². The van der Waals surface area contributed by atoms with E-state index < -0.39 is 0 Å². The summed E-state index contributed by atoms with van der Waals surface area (Å²) in [4.78, 5) is 15.8. The first-order valence-electron chi connectivity index (χ1n) is 7.59. The van der Waals surface area contributed by atoms with E-state index in [1.54, 1.807) is 12.3 Å². The molecule has 3 aromatic rings. The van der Waals surface area contributed by atoms with Crippen LogP contribution < -0.4 is 10.6 Å². The summed E-state index contributed by atoms with van der Waals surface area (Å²) in [5, 5.41) is 12.1. The van der Waals surface area contributed by atoms with Crippen molar-refractivity contribution in [1.29, 1.82) is 5.26 Å². The van der Waals surface area contributed by atoms with Gasteiger partial charge in [-0.3, -0.25) is 0 Å². The zero-order valence-electron chi connectivity index (χ0n) is 12.8. The lowest BCUT2D eigenvalue weighted by atomic mass is 10.1. The number of nitrogen functional groups attached to an aromatic ring is 1. The van der Waals surface area contributed by atoms with Gasteiger partial charge < -0.3 is 10.6 Å². The van der Waals surface area contributed by atoms with Gasteiger partial charge in [0.25, 0.3) is 0 Å². The molecule has 3 aromatic heterocycles. The predicted octanol–water partition coefficient (Wildman–Crippen LogP) is 2.93. The molecule has 118 valence electrons. The topological polar surface area (TPSA) is 91.7 Å². The summed E-state index contributed by atoms with van der Waals surface area (Å²) in [6.45, 7) is 2.02. The standard InChI is InChI=1S/C17H14N6S/c18-10-11-12(19)9-14(17-20-5-8-24-17)22-16(11)13-3-1-4-15(21-13)23-6-2-7-23/h1,3-5,8-9H,2,6-7H2,(H2,19,22). The van der Waals surface area contributed by atoms with E-state index in [1.807, 2.05) is 23.6 Å². The van der Waals surface area contributed by atoms with Crippen molar-refractivity contribution in [2.24, 2.45) is 0 Å². The minimum atomic E-state index is 0.351. The first kappa shape index (κ1) is 14.6. The summed E-state index contributed by atoms with van der Waals surface area (Å²) < 4.78 is 0. The monoisotopic (exact) mass is 334 g/mol. The average Bonchev–Trinajstić information content (AvgIpc) is 3.07. The van der Waals surface area contributed by atoms with Crippen LogP contribution in [0.4, 0.5) is 11.5 Å². The summed E-state index contributed by atoms with van der Waals surface area (Å²) in [6, 6.07) is 9.62. The Morgan fingerprint density at radius 1 is 1.21 bits per heavy atom. The summed E-state index contributed by atoms with van der Waals surface area (Å²) >= 11 is 1.48. The number of hydrogen-bond acceptors (Lipinski definition) is 7. The maximum Gasteiger partial charge on any atom is 0.141 e. The highest BCUT2D eigenvalue weighted by molar-refractivity contribution is 7.13. The average molecular weight is 334 g/mol. The molecule has 0 saturated carbocycles. The van der Waals surface area contributed by atoms with Crippen molar-refractivity contribution in [2.75, 3.05) is 23.7 Å². The zero-order chi connectivity index (χ0) is 16.5. The third-order valence-electron chi connectivity index (χ3n) is 3.97. The Morgan fingerprint density at radius 2 is 2.08 bits per heavy atom. The van der Waals surface area contributed by atoms with Crippen molar-refractivity contribution in [3.05, 3.63) is 41.4 Å². The van der Waals surface area contributed by atoms with Gasteiger partial charge in [-0.15, -0.1) is 11.3 Å². The number of aromatic nitrogens is 3. The Morgan fingerprint density at radius 3 is 2.75 bits per heavy atom. The molecule has 0 spiro atoms. The van der Waals surface area contributed by atoms with Crippen molar-refractivity contribution in [3.63, 3.8) is 0 Å². The molecular formula is C17H14N6S. The van der Waals surface area contributed by atoms with Crippen molar-refractivity contribution in [1.82, 2.24) is 15.0 Å². The Hall–Kier alpha value is -2.98. The Bertz CT molecular complexity index is 925. The molecule has 0 bridgehead atoms. The van der Waals surface area contributed by atoms with Crippen molar-refractivity contribution < 1.29 is 0 Å². The normalized spacial score (nSPS) is 13.4. The zero-order valence-corrected chi connectivity index (χ0v) is 13.6. The van der Waals surface area contributed by atoms with E-state index in [0.717, 1.165) is 23.9 Å².